The number of para-hydroxylation sites is 1. The molecule has 1 amide bonds. The summed E-state index contributed by atoms with van der Waals surface area (Å²) in [5.41, 5.74) is 7.34. The fourth-order valence-corrected chi connectivity index (χ4v) is 3.48. The van der Waals surface area contributed by atoms with E-state index < -0.39 is 5.91 Å². The highest BCUT2D eigenvalue weighted by atomic mass is 16.5. The van der Waals surface area contributed by atoms with Crippen LogP contribution in [0.4, 0.5) is 5.69 Å². The number of pyridine rings is 1. The molecule has 3 heterocycles. The number of amides is 1. The van der Waals surface area contributed by atoms with E-state index in [1.807, 2.05) is 30.3 Å². The maximum absolute atomic E-state index is 11.3. The lowest BCUT2D eigenvalue weighted by molar-refractivity contribution is 0.0995. The van der Waals surface area contributed by atoms with Gasteiger partial charge in [-0.2, -0.15) is 4.98 Å². The summed E-state index contributed by atoms with van der Waals surface area (Å²) in [4.78, 5) is 22.2. The average molecular weight is 379 g/mol. The van der Waals surface area contributed by atoms with E-state index >= 15 is 0 Å². The molecule has 28 heavy (non-hydrogen) atoms. The molecule has 0 aliphatic carbocycles. The molecule has 1 fully saturated rings. The summed E-state index contributed by atoms with van der Waals surface area (Å²) in [6, 6.07) is 11.2. The van der Waals surface area contributed by atoms with Crippen molar-refractivity contribution in [3.8, 4) is 17.2 Å². The number of carbonyl (C=O) groups excluding carboxylic acids is 1. The van der Waals surface area contributed by atoms with Crippen molar-refractivity contribution < 1.29 is 14.1 Å². The fourth-order valence-electron chi connectivity index (χ4n) is 3.48. The highest BCUT2D eigenvalue weighted by Gasteiger charge is 2.26. The van der Waals surface area contributed by atoms with Crippen molar-refractivity contribution in [3.05, 3.63) is 54.1 Å². The number of piperidine rings is 1. The first-order chi connectivity index (χ1) is 13.7. The molecule has 1 aliphatic rings. The van der Waals surface area contributed by atoms with E-state index in [2.05, 4.69) is 20.0 Å². The van der Waals surface area contributed by atoms with Crippen LogP contribution in [0.1, 0.15) is 35.1 Å². The number of primary amides is 1. The van der Waals surface area contributed by atoms with Gasteiger partial charge in [-0.05, 0) is 37.1 Å². The van der Waals surface area contributed by atoms with Crippen LogP contribution < -0.4 is 15.4 Å². The lowest BCUT2D eigenvalue weighted by Crippen LogP contribution is -2.33. The van der Waals surface area contributed by atoms with Gasteiger partial charge in [-0.3, -0.25) is 9.78 Å². The van der Waals surface area contributed by atoms with Gasteiger partial charge in [0, 0.05) is 30.9 Å². The fraction of sp³-hybridized carbons (Fsp3) is 0.300. The zero-order valence-electron chi connectivity index (χ0n) is 15.5. The number of benzene rings is 1. The summed E-state index contributed by atoms with van der Waals surface area (Å²) in [7, 11) is 1.62. The van der Waals surface area contributed by atoms with Crippen LogP contribution in [-0.2, 0) is 0 Å². The molecule has 2 N–H and O–H groups in total. The maximum Gasteiger partial charge on any atom is 0.267 e. The van der Waals surface area contributed by atoms with E-state index in [0.29, 0.717) is 17.5 Å². The number of nitrogens with zero attached hydrogens (tertiary/aromatic N) is 4. The lowest BCUT2D eigenvalue weighted by Gasteiger charge is -2.32. The molecule has 2 aromatic heterocycles. The molecule has 4 rings (SSSR count). The maximum atomic E-state index is 11.3. The summed E-state index contributed by atoms with van der Waals surface area (Å²) < 4.78 is 10.9. The Kier molecular flexibility index (Phi) is 4.92. The molecule has 1 saturated heterocycles. The van der Waals surface area contributed by atoms with Crippen LogP contribution >= 0.6 is 0 Å². The van der Waals surface area contributed by atoms with Gasteiger partial charge in [0.05, 0.1) is 12.7 Å². The van der Waals surface area contributed by atoms with E-state index in [1.165, 1.54) is 0 Å². The smallest absolute Gasteiger partial charge is 0.267 e. The molecule has 0 spiro atoms. The van der Waals surface area contributed by atoms with Crippen molar-refractivity contribution in [2.75, 3.05) is 25.1 Å². The minimum atomic E-state index is -0.521. The highest BCUT2D eigenvalue weighted by Crippen LogP contribution is 2.32. The van der Waals surface area contributed by atoms with Crippen molar-refractivity contribution in [2.45, 2.75) is 18.8 Å². The Morgan fingerprint density at radius 3 is 2.79 bits per heavy atom. The summed E-state index contributed by atoms with van der Waals surface area (Å²) >= 11 is 0. The first kappa shape index (κ1) is 18.0. The molecule has 1 aromatic carbocycles. The Hall–Kier alpha value is -3.42. The van der Waals surface area contributed by atoms with Gasteiger partial charge in [-0.1, -0.05) is 17.3 Å². The number of methoxy groups -OCH3 is 1. The molecular formula is C20H21N5O3. The number of aromatic nitrogens is 3. The van der Waals surface area contributed by atoms with E-state index in [-0.39, 0.29) is 11.6 Å². The van der Waals surface area contributed by atoms with E-state index in [4.69, 9.17) is 15.0 Å². The Morgan fingerprint density at radius 1 is 1.25 bits per heavy atom. The van der Waals surface area contributed by atoms with Gasteiger partial charge in [0.15, 0.2) is 5.82 Å². The van der Waals surface area contributed by atoms with Crippen LogP contribution in [-0.4, -0.2) is 41.2 Å². The molecule has 8 nitrogen and oxygen atoms in total. The second-order valence-corrected chi connectivity index (χ2v) is 6.68. The summed E-state index contributed by atoms with van der Waals surface area (Å²) in [6.07, 6.45) is 3.39. The quantitative estimate of drug-likeness (QED) is 0.726. The van der Waals surface area contributed by atoms with E-state index in [1.54, 1.807) is 19.4 Å². The number of hydrogen-bond donors (Lipinski definition) is 1. The molecule has 0 radical (unpaired) electrons. The van der Waals surface area contributed by atoms with Crippen LogP contribution in [0.15, 0.2) is 47.1 Å². The molecule has 1 aliphatic heterocycles. The normalized spacial score (nSPS) is 14.8. The number of nitrogens with two attached hydrogens (primary N) is 1. The van der Waals surface area contributed by atoms with Gasteiger partial charge in [0.1, 0.15) is 11.4 Å². The Balaban J connectivity index is 1.45. The zero-order valence-corrected chi connectivity index (χ0v) is 15.5. The second kappa shape index (κ2) is 7.67. The summed E-state index contributed by atoms with van der Waals surface area (Å²) in [5.74, 6) is 1.59. The van der Waals surface area contributed by atoms with Gasteiger partial charge < -0.3 is 19.9 Å². The van der Waals surface area contributed by atoms with E-state index in [0.717, 1.165) is 37.2 Å². The minimum absolute atomic E-state index is 0.223. The Morgan fingerprint density at radius 2 is 2.04 bits per heavy atom. The van der Waals surface area contributed by atoms with Crippen LogP contribution in [0.2, 0.25) is 0 Å². The molecule has 3 aromatic rings. The Bertz CT molecular complexity index is 979. The van der Waals surface area contributed by atoms with Gasteiger partial charge >= 0.3 is 0 Å². The second-order valence-electron chi connectivity index (χ2n) is 6.68. The largest absolute Gasteiger partial charge is 0.496 e. The number of carbonyl (C=O) groups is 1. The molecule has 0 unspecified atom stereocenters. The number of ether oxygens (including phenoxy) is 1. The average Bonchev–Trinajstić information content (AvgIpc) is 3.24. The predicted octanol–water partition coefficient (Wildman–Crippen LogP) is 2.62. The van der Waals surface area contributed by atoms with Crippen molar-refractivity contribution in [2.24, 2.45) is 5.73 Å². The topological polar surface area (TPSA) is 107 Å². The van der Waals surface area contributed by atoms with Crippen molar-refractivity contribution in [3.63, 3.8) is 0 Å². The molecule has 0 bridgehead atoms. The third kappa shape index (κ3) is 3.53. The number of anilines is 1. The molecule has 0 atom stereocenters. The van der Waals surface area contributed by atoms with Gasteiger partial charge in [0.2, 0.25) is 0 Å². The van der Waals surface area contributed by atoms with Crippen LogP contribution in [0, 0.1) is 0 Å². The molecule has 144 valence electrons. The van der Waals surface area contributed by atoms with Crippen molar-refractivity contribution in [1.29, 1.82) is 0 Å². The third-order valence-corrected chi connectivity index (χ3v) is 5.00. The van der Waals surface area contributed by atoms with Crippen molar-refractivity contribution in [1.82, 2.24) is 15.1 Å². The van der Waals surface area contributed by atoms with Crippen LogP contribution in [0.3, 0.4) is 0 Å². The predicted molar refractivity (Wildman–Crippen MR) is 103 cm³/mol. The monoisotopic (exact) mass is 379 g/mol. The van der Waals surface area contributed by atoms with Crippen molar-refractivity contribution >= 4 is 11.6 Å². The minimum Gasteiger partial charge on any atom is -0.496 e. The lowest BCUT2D eigenvalue weighted by atomic mass is 9.96. The number of hydrogen-bond acceptors (Lipinski definition) is 7. The molecular weight excluding hydrogens is 358 g/mol. The van der Waals surface area contributed by atoms with Crippen LogP contribution in [0.25, 0.3) is 11.5 Å². The summed E-state index contributed by atoms with van der Waals surface area (Å²) in [6.45, 7) is 1.65. The van der Waals surface area contributed by atoms with E-state index in [9.17, 15) is 4.79 Å². The van der Waals surface area contributed by atoms with Gasteiger partial charge in [-0.25, -0.2) is 0 Å². The first-order valence-electron chi connectivity index (χ1n) is 9.13. The molecule has 0 saturated carbocycles. The third-order valence-electron chi connectivity index (χ3n) is 5.00. The highest BCUT2D eigenvalue weighted by molar-refractivity contribution is 5.91. The van der Waals surface area contributed by atoms with Gasteiger partial charge in [-0.15, -0.1) is 0 Å². The Labute approximate surface area is 162 Å². The standard InChI is InChI=1S/C20H21N5O3/c1-27-17-5-3-2-4-15(17)20-23-19(24-28-20)13-7-10-25(11-8-13)14-6-9-22-16(12-14)18(21)26/h2-6,9,12-13H,7-8,10-11H2,1H3,(H2,21,26). The SMILES string of the molecule is COc1ccccc1-c1nc(C2CCN(c3ccnc(C(N)=O)c3)CC2)no1. The van der Waals surface area contributed by atoms with Gasteiger partial charge in [0.25, 0.3) is 11.8 Å². The summed E-state index contributed by atoms with van der Waals surface area (Å²) in [5, 5.41) is 4.20. The zero-order chi connectivity index (χ0) is 19.5. The first-order valence-corrected chi connectivity index (χ1v) is 9.13. The molecule has 8 heteroatoms. The number of rotatable bonds is 5. The van der Waals surface area contributed by atoms with Crippen LogP contribution in [0.5, 0.6) is 5.75 Å².